The molecule has 1 aromatic rings. The zero-order chi connectivity index (χ0) is 14.2. The van der Waals surface area contributed by atoms with Crippen LogP contribution in [0.1, 0.15) is 48.7 Å². The van der Waals surface area contributed by atoms with Gasteiger partial charge in [0.15, 0.2) is 0 Å². The molecule has 1 aromatic heterocycles. The third-order valence-electron chi connectivity index (χ3n) is 4.24. The molecule has 2 aliphatic heterocycles. The zero-order valence-electron chi connectivity index (χ0n) is 12.3. The minimum Gasteiger partial charge on any atom is -0.381 e. The summed E-state index contributed by atoms with van der Waals surface area (Å²) in [5, 5.41) is 2.96. The average Bonchev–Trinajstić information content (AvgIpc) is 3.00. The van der Waals surface area contributed by atoms with Gasteiger partial charge in [0.1, 0.15) is 11.5 Å². The molecule has 2 aliphatic rings. The molecule has 3 heterocycles. The van der Waals surface area contributed by atoms with Crippen molar-refractivity contribution in [3.8, 4) is 0 Å². The summed E-state index contributed by atoms with van der Waals surface area (Å²) >= 11 is 0. The highest BCUT2D eigenvalue weighted by Crippen LogP contribution is 2.26. The van der Waals surface area contributed by atoms with Gasteiger partial charge in [-0.2, -0.15) is 0 Å². The number of aromatic amines is 1. The number of carbonyl (C=O) groups excluding carboxylic acids is 1. The molecule has 20 heavy (non-hydrogen) atoms. The van der Waals surface area contributed by atoms with Gasteiger partial charge in [-0.05, 0) is 30.6 Å². The molecule has 0 aliphatic carbocycles. The van der Waals surface area contributed by atoms with Crippen molar-refractivity contribution in [2.75, 3.05) is 19.8 Å². The van der Waals surface area contributed by atoms with Crippen molar-refractivity contribution in [2.24, 2.45) is 11.3 Å². The van der Waals surface area contributed by atoms with Crippen LogP contribution in [0, 0.1) is 11.3 Å². The van der Waals surface area contributed by atoms with Crippen molar-refractivity contribution in [2.45, 2.75) is 39.5 Å². The van der Waals surface area contributed by atoms with Crippen LogP contribution in [0.5, 0.6) is 0 Å². The Kier molecular flexibility index (Phi) is 3.54. The predicted molar refractivity (Wildman–Crippen MR) is 75.7 cm³/mol. The Hall–Kier alpha value is -1.36. The van der Waals surface area contributed by atoms with Crippen LogP contribution in [0.25, 0.3) is 0 Å². The van der Waals surface area contributed by atoms with Gasteiger partial charge in [0.25, 0.3) is 5.91 Å². The fourth-order valence-electron chi connectivity index (χ4n) is 2.99. The normalized spacial score (nSPS) is 25.1. The van der Waals surface area contributed by atoms with E-state index in [1.54, 1.807) is 0 Å². The summed E-state index contributed by atoms with van der Waals surface area (Å²) in [6.07, 6.45) is 3.99. The summed E-state index contributed by atoms with van der Waals surface area (Å²) in [5.41, 5.74) is 1.65. The van der Waals surface area contributed by atoms with Gasteiger partial charge in [0.2, 0.25) is 0 Å². The van der Waals surface area contributed by atoms with Gasteiger partial charge in [0.05, 0.1) is 0 Å². The van der Waals surface area contributed by atoms with Crippen molar-refractivity contribution >= 4 is 5.91 Å². The Morgan fingerprint density at radius 2 is 2.30 bits per heavy atom. The lowest BCUT2D eigenvalue weighted by molar-refractivity contribution is 0.0940. The van der Waals surface area contributed by atoms with Gasteiger partial charge in [-0.3, -0.25) is 4.79 Å². The third-order valence-corrected chi connectivity index (χ3v) is 4.24. The minimum atomic E-state index is -0.0442. The summed E-state index contributed by atoms with van der Waals surface area (Å²) in [7, 11) is 0. The maximum absolute atomic E-state index is 12.1. The Balaban J connectivity index is 1.72. The van der Waals surface area contributed by atoms with Crippen LogP contribution in [0.15, 0.2) is 0 Å². The minimum absolute atomic E-state index is 0.0442. The number of imidazole rings is 1. The van der Waals surface area contributed by atoms with E-state index in [1.165, 1.54) is 0 Å². The first-order valence-electron chi connectivity index (χ1n) is 7.47. The number of nitrogens with zero attached hydrogens (tertiary/aromatic N) is 1. The number of fused-ring (bicyclic) bond motifs is 1. The van der Waals surface area contributed by atoms with Crippen LogP contribution in [0.3, 0.4) is 0 Å². The highest BCUT2D eigenvalue weighted by molar-refractivity contribution is 5.93. The second-order valence-corrected chi connectivity index (χ2v) is 6.80. The maximum Gasteiger partial charge on any atom is 0.271 e. The Morgan fingerprint density at radius 1 is 1.45 bits per heavy atom. The molecule has 0 saturated carbocycles. The topological polar surface area (TPSA) is 67.0 Å². The van der Waals surface area contributed by atoms with Gasteiger partial charge in [-0.15, -0.1) is 0 Å². The molecule has 3 rings (SSSR count). The number of amides is 1. The van der Waals surface area contributed by atoms with Crippen molar-refractivity contribution < 1.29 is 9.53 Å². The molecule has 2 N–H and O–H groups in total. The molecule has 5 heteroatoms. The van der Waals surface area contributed by atoms with Crippen LogP contribution < -0.4 is 5.32 Å². The SMILES string of the molecule is CC1(C)CNC(=O)c2nc(CC[C@@H]3CCOC3)[nH]c2C1. The molecule has 0 bridgehead atoms. The number of ether oxygens (including phenoxy) is 1. The molecular weight excluding hydrogens is 254 g/mol. The molecule has 1 saturated heterocycles. The molecule has 1 amide bonds. The summed E-state index contributed by atoms with van der Waals surface area (Å²) < 4.78 is 5.39. The molecule has 1 atom stereocenters. The number of aryl methyl sites for hydroxylation is 1. The van der Waals surface area contributed by atoms with Crippen LogP contribution in [-0.2, 0) is 17.6 Å². The second kappa shape index (κ2) is 5.20. The fraction of sp³-hybridized carbons (Fsp3) is 0.733. The molecule has 5 nitrogen and oxygen atoms in total. The highest BCUT2D eigenvalue weighted by atomic mass is 16.5. The number of aromatic nitrogens is 2. The van der Waals surface area contributed by atoms with E-state index in [0.29, 0.717) is 18.2 Å². The predicted octanol–water partition coefficient (Wildman–Crippen LogP) is 1.69. The zero-order valence-corrected chi connectivity index (χ0v) is 12.3. The number of carbonyl (C=O) groups is 1. The monoisotopic (exact) mass is 277 g/mol. The van der Waals surface area contributed by atoms with Crippen molar-refractivity contribution in [3.63, 3.8) is 0 Å². The first kappa shape index (κ1) is 13.6. The molecule has 110 valence electrons. The van der Waals surface area contributed by atoms with Crippen molar-refractivity contribution in [3.05, 3.63) is 17.2 Å². The summed E-state index contributed by atoms with van der Waals surface area (Å²) in [4.78, 5) is 19.9. The van der Waals surface area contributed by atoms with E-state index >= 15 is 0 Å². The molecule has 0 unspecified atom stereocenters. The number of hydrogen-bond donors (Lipinski definition) is 2. The lowest BCUT2D eigenvalue weighted by atomic mass is 9.88. The van der Waals surface area contributed by atoms with E-state index in [0.717, 1.165) is 50.4 Å². The van der Waals surface area contributed by atoms with Crippen molar-refractivity contribution in [1.82, 2.24) is 15.3 Å². The van der Waals surface area contributed by atoms with E-state index in [2.05, 4.69) is 29.1 Å². The second-order valence-electron chi connectivity index (χ2n) is 6.80. The number of nitrogens with one attached hydrogen (secondary N) is 2. The van der Waals surface area contributed by atoms with Crippen LogP contribution in [0.4, 0.5) is 0 Å². The summed E-state index contributed by atoms with van der Waals surface area (Å²) in [6.45, 7) is 6.78. The maximum atomic E-state index is 12.1. The van der Waals surface area contributed by atoms with Gasteiger partial charge in [-0.1, -0.05) is 13.8 Å². The molecular formula is C15H23N3O2. The van der Waals surface area contributed by atoms with Crippen LogP contribution in [-0.4, -0.2) is 35.6 Å². The molecule has 0 radical (unpaired) electrons. The van der Waals surface area contributed by atoms with E-state index in [-0.39, 0.29) is 11.3 Å². The lowest BCUT2D eigenvalue weighted by Gasteiger charge is -2.21. The summed E-state index contributed by atoms with van der Waals surface area (Å²) in [6, 6.07) is 0. The molecule has 1 fully saturated rings. The molecule has 0 aromatic carbocycles. The fourth-order valence-corrected chi connectivity index (χ4v) is 2.99. The van der Waals surface area contributed by atoms with Gasteiger partial charge < -0.3 is 15.0 Å². The van der Waals surface area contributed by atoms with E-state index in [4.69, 9.17) is 4.74 Å². The standard InChI is InChI=1S/C15H23N3O2/c1-15(2)7-11-13(14(19)16-9-15)18-12(17-11)4-3-10-5-6-20-8-10/h10H,3-9H2,1-2H3,(H,16,19)(H,17,18)/t10-/m1/s1. The van der Waals surface area contributed by atoms with Crippen molar-refractivity contribution in [1.29, 1.82) is 0 Å². The Bertz CT molecular complexity index is 501. The summed E-state index contributed by atoms with van der Waals surface area (Å²) in [5.74, 6) is 1.54. The first-order chi connectivity index (χ1) is 9.53. The number of H-pyrrole nitrogens is 1. The lowest BCUT2D eigenvalue weighted by Crippen LogP contribution is -2.32. The van der Waals surface area contributed by atoms with E-state index in [1.807, 2.05) is 0 Å². The largest absolute Gasteiger partial charge is 0.381 e. The average molecular weight is 277 g/mol. The van der Waals surface area contributed by atoms with Crippen LogP contribution >= 0.6 is 0 Å². The Morgan fingerprint density at radius 3 is 3.05 bits per heavy atom. The smallest absolute Gasteiger partial charge is 0.271 e. The number of hydrogen-bond acceptors (Lipinski definition) is 3. The molecule has 0 spiro atoms. The van der Waals surface area contributed by atoms with Gasteiger partial charge in [-0.25, -0.2) is 4.98 Å². The first-order valence-corrected chi connectivity index (χ1v) is 7.47. The number of rotatable bonds is 3. The Labute approximate surface area is 119 Å². The van der Waals surface area contributed by atoms with E-state index in [9.17, 15) is 4.79 Å². The van der Waals surface area contributed by atoms with Gasteiger partial charge in [0, 0.05) is 31.9 Å². The van der Waals surface area contributed by atoms with E-state index < -0.39 is 0 Å². The van der Waals surface area contributed by atoms with Crippen LogP contribution in [0.2, 0.25) is 0 Å². The third kappa shape index (κ3) is 2.87. The van der Waals surface area contributed by atoms with Gasteiger partial charge >= 0.3 is 0 Å². The quantitative estimate of drug-likeness (QED) is 0.883. The highest BCUT2D eigenvalue weighted by Gasteiger charge is 2.29.